The van der Waals surface area contributed by atoms with Crippen LogP contribution >= 0.6 is 0 Å². The van der Waals surface area contributed by atoms with E-state index in [1.54, 1.807) is 10.6 Å². The largest absolute Gasteiger partial charge is 0.364 e. The summed E-state index contributed by atoms with van der Waals surface area (Å²) >= 11 is 0. The molecule has 49 heavy (non-hydrogen) atoms. The number of carbonyl (C=O) groups is 2. The number of hydrogen-bond donors (Lipinski definition) is 3. The zero-order valence-electron chi connectivity index (χ0n) is 28.1. The number of aromatic nitrogens is 5. The Morgan fingerprint density at radius 2 is 1.80 bits per heavy atom. The molecule has 3 N–H and O–H groups in total. The number of nitrogens with one attached hydrogen (secondary N) is 3. The number of nitrogens with zero attached hydrogens (tertiary/aromatic N) is 7. The molecule has 4 aromatic rings. The first kappa shape index (κ1) is 31.2. The van der Waals surface area contributed by atoms with Gasteiger partial charge in [-0.05, 0) is 51.2 Å². The summed E-state index contributed by atoms with van der Waals surface area (Å²) in [4.78, 5) is 43.2. The highest BCUT2D eigenvalue weighted by Crippen LogP contribution is 2.50. The van der Waals surface area contributed by atoms with E-state index in [1.807, 2.05) is 43.6 Å². The number of carbonyl (C=O) groups excluding carboxylic acids is 2. The van der Waals surface area contributed by atoms with Gasteiger partial charge in [-0.25, -0.2) is 0 Å². The second kappa shape index (κ2) is 12.4. The zero-order chi connectivity index (χ0) is 33.8. The van der Waals surface area contributed by atoms with E-state index in [-0.39, 0.29) is 47.1 Å². The van der Waals surface area contributed by atoms with Crippen LogP contribution in [0.4, 0.5) is 22.9 Å². The fourth-order valence-corrected chi connectivity index (χ4v) is 7.19. The Morgan fingerprint density at radius 3 is 2.53 bits per heavy atom. The number of amides is 2. The van der Waals surface area contributed by atoms with Gasteiger partial charge >= 0.3 is 0 Å². The zero-order valence-corrected chi connectivity index (χ0v) is 28.1. The summed E-state index contributed by atoms with van der Waals surface area (Å²) in [5.74, 6) is -0.0356. The summed E-state index contributed by atoms with van der Waals surface area (Å²) in [5.41, 5.74) is 6.71. The molecule has 1 aromatic carbocycles. The van der Waals surface area contributed by atoms with Crippen molar-refractivity contribution in [1.29, 1.82) is 0 Å². The Hall–Kier alpha value is -5.04. The van der Waals surface area contributed by atoms with Crippen molar-refractivity contribution in [2.45, 2.75) is 77.2 Å². The molecular formula is C36H42N10O3. The maximum atomic E-state index is 13.3. The number of rotatable bonds is 11. The van der Waals surface area contributed by atoms with E-state index in [0.29, 0.717) is 24.6 Å². The normalized spacial score (nSPS) is 18.8. The van der Waals surface area contributed by atoms with Crippen LogP contribution in [0.2, 0.25) is 0 Å². The molecular weight excluding hydrogens is 620 g/mol. The highest BCUT2D eigenvalue weighted by Gasteiger charge is 2.38. The molecule has 1 saturated heterocycles. The molecule has 2 amide bonds. The minimum Gasteiger partial charge on any atom is -0.364 e. The molecule has 1 atom stereocenters. The Kier molecular flexibility index (Phi) is 7.93. The molecule has 3 aromatic heterocycles. The van der Waals surface area contributed by atoms with E-state index >= 15 is 0 Å². The molecule has 0 spiro atoms. The molecule has 2 saturated carbocycles. The van der Waals surface area contributed by atoms with Gasteiger partial charge in [0.25, 0.3) is 11.5 Å². The van der Waals surface area contributed by atoms with Crippen LogP contribution < -0.4 is 26.4 Å². The lowest BCUT2D eigenvalue weighted by atomic mass is 9.91. The van der Waals surface area contributed by atoms with E-state index in [0.717, 1.165) is 73.3 Å². The first-order valence-corrected chi connectivity index (χ1v) is 17.4. The number of pyridine rings is 1. The smallest absolute Gasteiger partial charge is 0.274 e. The maximum absolute atomic E-state index is 13.3. The molecule has 0 radical (unpaired) electrons. The van der Waals surface area contributed by atoms with Crippen LogP contribution in [0.15, 0.2) is 53.6 Å². The predicted molar refractivity (Wildman–Crippen MR) is 187 cm³/mol. The lowest BCUT2D eigenvalue weighted by Crippen LogP contribution is -2.49. The molecule has 4 aliphatic rings. The first-order chi connectivity index (χ1) is 23.8. The third-order valence-electron chi connectivity index (χ3n) is 10.2. The van der Waals surface area contributed by atoms with Crippen molar-refractivity contribution in [1.82, 2.24) is 34.8 Å². The first-order valence-electron chi connectivity index (χ1n) is 17.4. The van der Waals surface area contributed by atoms with E-state index in [2.05, 4.69) is 60.7 Å². The van der Waals surface area contributed by atoms with Gasteiger partial charge in [0.15, 0.2) is 11.5 Å². The van der Waals surface area contributed by atoms with Crippen molar-refractivity contribution in [3.63, 3.8) is 0 Å². The summed E-state index contributed by atoms with van der Waals surface area (Å²) in [7, 11) is 2.10. The monoisotopic (exact) mass is 662 g/mol. The molecule has 0 unspecified atom stereocenters. The fraction of sp³-hybridized carbons (Fsp3) is 0.444. The fourth-order valence-electron chi connectivity index (χ4n) is 7.19. The van der Waals surface area contributed by atoms with Crippen LogP contribution in [0.1, 0.15) is 79.8 Å². The summed E-state index contributed by atoms with van der Waals surface area (Å²) in [6, 6.07) is 12.1. The predicted octanol–water partition coefficient (Wildman–Crippen LogP) is 4.46. The molecule has 13 heteroatoms. The van der Waals surface area contributed by atoms with E-state index in [1.165, 1.54) is 5.69 Å². The van der Waals surface area contributed by atoms with Crippen molar-refractivity contribution >= 4 is 34.7 Å². The number of hydrogen-bond acceptors (Lipinski definition) is 9. The van der Waals surface area contributed by atoms with Crippen molar-refractivity contribution in [3.05, 3.63) is 76.1 Å². The van der Waals surface area contributed by atoms with Crippen LogP contribution in [0.25, 0.3) is 11.1 Å². The lowest BCUT2D eigenvalue weighted by Gasteiger charge is -2.43. The lowest BCUT2D eigenvalue weighted by molar-refractivity contribution is -0.117. The van der Waals surface area contributed by atoms with Gasteiger partial charge in [0.1, 0.15) is 0 Å². The topological polar surface area (TPSA) is 142 Å². The van der Waals surface area contributed by atoms with Crippen LogP contribution in [-0.4, -0.2) is 67.4 Å². The molecule has 0 bridgehead atoms. The molecule has 8 rings (SSSR count). The van der Waals surface area contributed by atoms with E-state index in [9.17, 15) is 14.4 Å². The second-order valence-electron chi connectivity index (χ2n) is 13.7. The van der Waals surface area contributed by atoms with E-state index < -0.39 is 0 Å². The number of likely N-dealkylation sites (tertiary alicyclic amines) is 1. The highest BCUT2D eigenvalue weighted by molar-refractivity contribution is 6.01. The number of anilines is 4. The van der Waals surface area contributed by atoms with Gasteiger partial charge in [0, 0.05) is 74.1 Å². The van der Waals surface area contributed by atoms with Crippen molar-refractivity contribution in [2.75, 3.05) is 35.7 Å². The number of aryl methyl sites for hydroxylation is 1. The van der Waals surface area contributed by atoms with Crippen LogP contribution in [-0.2, 0) is 17.9 Å². The Bertz CT molecular complexity index is 1990. The summed E-state index contributed by atoms with van der Waals surface area (Å²) in [5, 5.41) is 22.8. The molecule has 13 nitrogen and oxygen atoms in total. The quantitative estimate of drug-likeness (QED) is 0.212. The Morgan fingerprint density at radius 1 is 0.980 bits per heavy atom. The van der Waals surface area contributed by atoms with Gasteiger partial charge in [0.05, 0.1) is 41.0 Å². The van der Waals surface area contributed by atoms with Crippen LogP contribution in [0, 0.1) is 5.92 Å². The maximum Gasteiger partial charge on any atom is 0.274 e. The van der Waals surface area contributed by atoms with Crippen LogP contribution in [0.5, 0.6) is 0 Å². The standard InChI is InChI=1S/C36H42N10O3/c1-4-29-33-26(17-37-46(33)24-19-44(20-24)18-22-8-7-15-45(5-2)36(22)49)25-9-6-10-27(32(25)43(29)3)39-28-16-30(40-34(47)21-11-12-21)41-42-31(28)35(48)38-23-13-14-23/h6-10,15-17,21,23-24,29H,4-5,11-14,18-20H2,1-3H3,(H,38,48)(H2,39,40,41,47)/t29-/m0/s1. The third kappa shape index (κ3) is 5.85. The Labute approximate surface area is 284 Å². The Balaban J connectivity index is 1.08. The summed E-state index contributed by atoms with van der Waals surface area (Å²) in [6.07, 6.45) is 8.33. The molecule has 3 fully saturated rings. The van der Waals surface area contributed by atoms with Gasteiger partial charge in [-0.2, -0.15) is 5.10 Å². The number of fused-ring (bicyclic) bond motifs is 3. The minimum absolute atomic E-state index is 0.0117. The summed E-state index contributed by atoms with van der Waals surface area (Å²) in [6.45, 7) is 7.11. The average molecular weight is 663 g/mol. The minimum atomic E-state index is -0.288. The summed E-state index contributed by atoms with van der Waals surface area (Å²) < 4.78 is 3.94. The average Bonchev–Trinajstić information content (AvgIpc) is 4.02. The van der Waals surface area contributed by atoms with Gasteiger partial charge < -0.3 is 25.4 Å². The highest BCUT2D eigenvalue weighted by atomic mass is 16.2. The molecule has 254 valence electrons. The SMILES string of the molecule is CC[C@H]1c2c(cnn2C2CN(Cc3cccn(CC)c3=O)C2)-c2cccc(Nc3cc(NC(=O)C4CC4)nnc3C(=O)NC3CC3)c2N1C. The number of para-hydroxylation sites is 1. The molecule has 5 heterocycles. The van der Waals surface area contributed by atoms with Gasteiger partial charge in [0.2, 0.25) is 5.91 Å². The van der Waals surface area contributed by atoms with Crippen molar-refractivity contribution in [3.8, 4) is 11.1 Å². The van der Waals surface area contributed by atoms with Gasteiger partial charge in [-0.15, -0.1) is 10.2 Å². The van der Waals surface area contributed by atoms with Crippen molar-refractivity contribution in [2.24, 2.45) is 5.92 Å². The van der Waals surface area contributed by atoms with E-state index in [4.69, 9.17) is 5.10 Å². The third-order valence-corrected chi connectivity index (χ3v) is 10.2. The van der Waals surface area contributed by atoms with Crippen molar-refractivity contribution < 1.29 is 9.59 Å². The van der Waals surface area contributed by atoms with Gasteiger partial charge in [-0.3, -0.25) is 24.0 Å². The molecule has 2 aliphatic carbocycles. The number of benzene rings is 1. The molecule has 2 aliphatic heterocycles. The second-order valence-corrected chi connectivity index (χ2v) is 13.7. The van der Waals surface area contributed by atoms with Crippen LogP contribution in [0.3, 0.4) is 0 Å². The van der Waals surface area contributed by atoms with Gasteiger partial charge in [-0.1, -0.05) is 25.1 Å².